The fourth-order valence-electron chi connectivity index (χ4n) is 2.88. The molecule has 0 amide bonds. The Labute approximate surface area is 105 Å². The molecule has 1 aliphatic carbocycles. The molecule has 3 nitrogen and oxygen atoms in total. The van der Waals surface area contributed by atoms with Crippen LogP contribution in [-0.4, -0.2) is 36.7 Å². The van der Waals surface area contributed by atoms with Gasteiger partial charge in [-0.15, -0.1) is 0 Å². The minimum Gasteiger partial charge on any atom is -0.392 e. The van der Waals surface area contributed by atoms with Crippen molar-refractivity contribution in [3.05, 3.63) is 0 Å². The van der Waals surface area contributed by atoms with Gasteiger partial charge in [-0.3, -0.25) is 4.99 Å². The number of aliphatic hydroxyl groups is 1. The fraction of sp³-hybridized carbons (Fsp3) is 0.929. The number of nitrogens with zero attached hydrogens (tertiary/aromatic N) is 1. The number of ether oxygens (including phenoxy) is 1. The molecule has 100 valence electrons. The number of aliphatic hydroxyl groups excluding tert-OH is 1. The standard InChI is InChI=1S/C14H27NO2/c1-6-12-7-9(2)14(16)11(4)13(12)15-10(3)8-17-5/h9-12,14,16H,6-8H2,1-5H3. The third kappa shape index (κ3) is 3.52. The highest BCUT2D eigenvalue weighted by atomic mass is 16.5. The Morgan fingerprint density at radius 2 is 2.12 bits per heavy atom. The van der Waals surface area contributed by atoms with Gasteiger partial charge in [0.15, 0.2) is 0 Å². The van der Waals surface area contributed by atoms with Gasteiger partial charge in [-0.05, 0) is 31.6 Å². The molecule has 5 atom stereocenters. The Morgan fingerprint density at radius 1 is 1.47 bits per heavy atom. The maximum absolute atomic E-state index is 10.2. The molecule has 0 aromatic carbocycles. The molecule has 0 aromatic rings. The van der Waals surface area contributed by atoms with E-state index in [1.54, 1.807) is 7.11 Å². The molecule has 0 saturated heterocycles. The van der Waals surface area contributed by atoms with E-state index in [0.29, 0.717) is 18.4 Å². The quantitative estimate of drug-likeness (QED) is 0.821. The Kier molecular flexibility index (Phi) is 5.60. The van der Waals surface area contributed by atoms with Crippen molar-refractivity contribution in [1.29, 1.82) is 0 Å². The van der Waals surface area contributed by atoms with Crippen molar-refractivity contribution in [2.75, 3.05) is 13.7 Å². The zero-order valence-corrected chi connectivity index (χ0v) is 11.8. The molecule has 5 unspecified atom stereocenters. The average molecular weight is 241 g/mol. The summed E-state index contributed by atoms with van der Waals surface area (Å²) in [5.41, 5.74) is 1.20. The minimum absolute atomic E-state index is 0.183. The zero-order chi connectivity index (χ0) is 13.0. The monoisotopic (exact) mass is 241 g/mol. The first-order valence-electron chi connectivity index (χ1n) is 6.75. The highest BCUT2D eigenvalue weighted by Crippen LogP contribution is 2.33. The van der Waals surface area contributed by atoms with Gasteiger partial charge in [0.05, 0.1) is 18.8 Å². The lowest BCUT2D eigenvalue weighted by atomic mass is 9.72. The lowest BCUT2D eigenvalue weighted by molar-refractivity contribution is 0.0641. The minimum atomic E-state index is -0.244. The molecule has 1 N–H and O–H groups in total. The molecular formula is C14H27NO2. The molecule has 17 heavy (non-hydrogen) atoms. The molecule has 3 heteroatoms. The van der Waals surface area contributed by atoms with Crippen LogP contribution in [0.2, 0.25) is 0 Å². The van der Waals surface area contributed by atoms with Crippen LogP contribution in [-0.2, 0) is 4.74 Å². The van der Waals surface area contributed by atoms with Crippen LogP contribution in [0, 0.1) is 17.8 Å². The van der Waals surface area contributed by atoms with Crippen LogP contribution in [0.15, 0.2) is 4.99 Å². The van der Waals surface area contributed by atoms with Gasteiger partial charge in [-0.25, -0.2) is 0 Å². The molecule has 0 heterocycles. The second-order valence-electron chi connectivity index (χ2n) is 5.46. The summed E-state index contributed by atoms with van der Waals surface area (Å²) in [7, 11) is 1.70. The van der Waals surface area contributed by atoms with E-state index in [4.69, 9.17) is 9.73 Å². The van der Waals surface area contributed by atoms with Gasteiger partial charge in [-0.1, -0.05) is 20.8 Å². The zero-order valence-electron chi connectivity index (χ0n) is 11.8. The molecule has 0 radical (unpaired) electrons. The molecule has 1 saturated carbocycles. The lowest BCUT2D eigenvalue weighted by Gasteiger charge is -2.37. The first-order chi connectivity index (χ1) is 8.01. The van der Waals surface area contributed by atoms with Crippen molar-refractivity contribution in [1.82, 2.24) is 0 Å². The first-order valence-corrected chi connectivity index (χ1v) is 6.75. The van der Waals surface area contributed by atoms with Crippen molar-refractivity contribution >= 4 is 5.71 Å². The van der Waals surface area contributed by atoms with E-state index >= 15 is 0 Å². The van der Waals surface area contributed by atoms with E-state index < -0.39 is 0 Å². The van der Waals surface area contributed by atoms with Gasteiger partial charge >= 0.3 is 0 Å². The van der Waals surface area contributed by atoms with E-state index in [0.717, 1.165) is 12.8 Å². The summed E-state index contributed by atoms with van der Waals surface area (Å²) in [6, 6.07) is 0.187. The van der Waals surface area contributed by atoms with Gasteiger partial charge in [-0.2, -0.15) is 0 Å². The molecule has 0 bridgehead atoms. The van der Waals surface area contributed by atoms with Crippen LogP contribution in [0.25, 0.3) is 0 Å². The maximum Gasteiger partial charge on any atom is 0.0704 e. The van der Waals surface area contributed by atoms with Gasteiger partial charge < -0.3 is 9.84 Å². The summed E-state index contributed by atoms with van der Waals surface area (Å²) in [5.74, 6) is 1.09. The average Bonchev–Trinajstić information content (AvgIpc) is 2.30. The number of rotatable bonds is 4. The predicted octanol–water partition coefficient (Wildman–Crippen LogP) is 2.53. The number of methoxy groups -OCH3 is 1. The summed E-state index contributed by atoms with van der Waals surface area (Å²) in [4.78, 5) is 4.78. The second-order valence-corrected chi connectivity index (χ2v) is 5.46. The predicted molar refractivity (Wildman–Crippen MR) is 71.5 cm³/mol. The fourth-order valence-corrected chi connectivity index (χ4v) is 2.88. The smallest absolute Gasteiger partial charge is 0.0704 e. The molecule has 1 rings (SSSR count). The van der Waals surface area contributed by atoms with Crippen LogP contribution in [0.3, 0.4) is 0 Å². The number of hydrogen-bond acceptors (Lipinski definition) is 3. The van der Waals surface area contributed by atoms with Gasteiger partial charge in [0.2, 0.25) is 0 Å². The number of aliphatic imine (C=N–C) groups is 1. The van der Waals surface area contributed by atoms with Crippen molar-refractivity contribution in [2.24, 2.45) is 22.7 Å². The van der Waals surface area contributed by atoms with Crippen molar-refractivity contribution in [2.45, 2.75) is 52.7 Å². The van der Waals surface area contributed by atoms with E-state index in [-0.39, 0.29) is 18.1 Å². The summed E-state index contributed by atoms with van der Waals surface area (Å²) >= 11 is 0. The van der Waals surface area contributed by atoms with Crippen LogP contribution in [0.4, 0.5) is 0 Å². The van der Waals surface area contributed by atoms with Crippen molar-refractivity contribution < 1.29 is 9.84 Å². The maximum atomic E-state index is 10.2. The Balaban J connectivity index is 2.84. The van der Waals surface area contributed by atoms with Crippen LogP contribution in [0.5, 0.6) is 0 Å². The molecule has 0 aromatic heterocycles. The highest BCUT2D eigenvalue weighted by Gasteiger charge is 2.36. The Bertz CT molecular complexity index is 261. The third-order valence-corrected chi connectivity index (χ3v) is 3.91. The summed E-state index contributed by atoms with van der Waals surface area (Å²) in [6.07, 6.45) is 1.92. The van der Waals surface area contributed by atoms with Gasteiger partial charge in [0.1, 0.15) is 0 Å². The van der Waals surface area contributed by atoms with Crippen molar-refractivity contribution in [3.63, 3.8) is 0 Å². The Hall–Kier alpha value is -0.410. The Morgan fingerprint density at radius 3 is 2.65 bits per heavy atom. The van der Waals surface area contributed by atoms with Crippen molar-refractivity contribution in [3.8, 4) is 0 Å². The highest BCUT2D eigenvalue weighted by molar-refractivity contribution is 5.90. The molecule has 0 spiro atoms. The van der Waals surface area contributed by atoms with Crippen LogP contribution >= 0.6 is 0 Å². The number of hydrogen-bond donors (Lipinski definition) is 1. The van der Waals surface area contributed by atoms with Gasteiger partial charge in [0.25, 0.3) is 0 Å². The van der Waals surface area contributed by atoms with Crippen LogP contribution < -0.4 is 0 Å². The van der Waals surface area contributed by atoms with E-state index in [2.05, 4.69) is 27.7 Å². The SMILES string of the molecule is CCC1CC(C)C(O)C(C)C1=NC(C)COC. The van der Waals surface area contributed by atoms with E-state index in [9.17, 15) is 5.11 Å². The summed E-state index contributed by atoms with van der Waals surface area (Å²) in [6.45, 7) is 9.16. The molecule has 1 fully saturated rings. The van der Waals surface area contributed by atoms with Gasteiger partial charge in [0, 0.05) is 18.7 Å². The molecule has 0 aliphatic heterocycles. The largest absolute Gasteiger partial charge is 0.392 e. The first kappa shape index (κ1) is 14.7. The third-order valence-electron chi connectivity index (χ3n) is 3.91. The topological polar surface area (TPSA) is 41.8 Å². The molecule has 1 aliphatic rings. The molecular weight excluding hydrogens is 214 g/mol. The summed E-state index contributed by atoms with van der Waals surface area (Å²) in [5, 5.41) is 10.2. The lowest BCUT2D eigenvalue weighted by Crippen LogP contribution is -2.42. The van der Waals surface area contributed by atoms with E-state index in [1.165, 1.54) is 5.71 Å². The second kappa shape index (κ2) is 6.50. The van der Waals surface area contributed by atoms with E-state index in [1.807, 2.05) is 0 Å². The van der Waals surface area contributed by atoms with Crippen LogP contribution in [0.1, 0.15) is 40.5 Å². The normalized spacial score (nSPS) is 38.4. The summed E-state index contributed by atoms with van der Waals surface area (Å²) < 4.78 is 5.13.